The summed E-state index contributed by atoms with van der Waals surface area (Å²) in [5.74, 6) is 1.07. The SMILES string of the molecule is CCCCCCCSc1nnc2c(n1)[nH]c1ccccc12. The molecule has 2 heterocycles. The van der Waals surface area contributed by atoms with Gasteiger partial charge < -0.3 is 4.98 Å². The summed E-state index contributed by atoms with van der Waals surface area (Å²) >= 11 is 1.70. The first-order chi connectivity index (χ1) is 10.4. The Kier molecular flexibility index (Phi) is 4.70. The second kappa shape index (κ2) is 6.89. The van der Waals surface area contributed by atoms with Crippen LogP contribution in [0.3, 0.4) is 0 Å². The average molecular weight is 300 g/mol. The molecule has 4 nitrogen and oxygen atoms in total. The van der Waals surface area contributed by atoms with E-state index in [1.165, 1.54) is 32.1 Å². The molecule has 5 heteroatoms. The van der Waals surface area contributed by atoms with Gasteiger partial charge >= 0.3 is 0 Å². The molecular formula is C16H20N4S. The number of nitrogens with zero attached hydrogens (tertiary/aromatic N) is 3. The van der Waals surface area contributed by atoms with Crippen molar-refractivity contribution in [1.82, 2.24) is 20.2 Å². The van der Waals surface area contributed by atoms with E-state index in [2.05, 4.69) is 27.1 Å². The Morgan fingerprint density at radius 1 is 1.05 bits per heavy atom. The van der Waals surface area contributed by atoms with Gasteiger partial charge in [-0.15, -0.1) is 10.2 Å². The Balaban J connectivity index is 1.66. The molecule has 1 N–H and O–H groups in total. The van der Waals surface area contributed by atoms with Crippen LogP contribution in [0.15, 0.2) is 29.4 Å². The van der Waals surface area contributed by atoms with Crippen LogP contribution >= 0.6 is 11.8 Å². The van der Waals surface area contributed by atoms with E-state index < -0.39 is 0 Å². The van der Waals surface area contributed by atoms with E-state index in [-0.39, 0.29) is 0 Å². The highest BCUT2D eigenvalue weighted by atomic mass is 32.2. The Hall–Kier alpha value is -1.62. The van der Waals surface area contributed by atoms with Crippen LogP contribution < -0.4 is 0 Å². The lowest BCUT2D eigenvalue weighted by Crippen LogP contribution is -1.92. The van der Waals surface area contributed by atoms with E-state index >= 15 is 0 Å². The quantitative estimate of drug-likeness (QED) is 0.513. The van der Waals surface area contributed by atoms with Crippen LogP contribution in [0.1, 0.15) is 39.0 Å². The molecule has 0 unspecified atom stereocenters. The van der Waals surface area contributed by atoms with Gasteiger partial charge in [-0.05, 0) is 12.5 Å². The number of H-pyrrole nitrogens is 1. The number of benzene rings is 1. The maximum absolute atomic E-state index is 4.58. The molecule has 0 aliphatic heterocycles. The monoisotopic (exact) mass is 300 g/mol. The molecule has 0 radical (unpaired) electrons. The van der Waals surface area contributed by atoms with Gasteiger partial charge in [0.25, 0.3) is 0 Å². The average Bonchev–Trinajstić information content (AvgIpc) is 2.88. The molecule has 3 aromatic rings. The van der Waals surface area contributed by atoms with E-state index in [4.69, 9.17) is 0 Å². The molecule has 2 aromatic heterocycles. The fraction of sp³-hybridized carbons (Fsp3) is 0.438. The highest BCUT2D eigenvalue weighted by Gasteiger charge is 2.08. The van der Waals surface area contributed by atoms with E-state index in [9.17, 15) is 0 Å². The molecule has 0 atom stereocenters. The number of rotatable bonds is 7. The van der Waals surface area contributed by atoms with Gasteiger partial charge in [0, 0.05) is 16.7 Å². The third kappa shape index (κ3) is 3.35. The first-order valence-corrected chi connectivity index (χ1v) is 8.61. The minimum Gasteiger partial charge on any atom is -0.338 e. The van der Waals surface area contributed by atoms with Crippen LogP contribution in [0.4, 0.5) is 0 Å². The molecule has 0 amide bonds. The highest BCUT2D eigenvalue weighted by molar-refractivity contribution is 7.99. The van der Waals surface area contributed by atoms with Crippen LogP contribution in [0.25, 0.3) is 22.1 Å². The van der Waals surface area contributed by atoms with Crippen molar-refractivity contribution in [1.29, 1.82) is 0 Å². The highest BCUT2D eigenvalue weighted by Crippen LogP contribution is 2.23. The van der Waals surface area contributed by atoms with Crippen molar-refractivity contribution < 1.29 is 0 Å². The Morgan fingerprint density at radius 2 is 1.90 bits per heavy atom. The summed E-state index contributed by atoms with van der Waals surface area (Å²) in [7, 11) is 0. The summed E-state index contributed by atoms with van der Waals surface area (Å²) in [6.07, 6.45) is 6.47. The summed E-state index contributed by atoms with van der Waals surface area (Å²) < 4.78 is 0. The molecule has 0 aliphatic rings. The maximum atomic E-state index is 4.58. The Labute approximate surface area is 128 Å². The minimum absolute atomic E-state index is 0.768. The van der Waals surface area contributed by atoms with Crippen LogP contribution in [-0.2, 0) is 0 Å². The molecule has 0 saturated heterocycles. The summed E-state index contributed by atoms with van der Waals surface area (Å²) in [4.78, 5) is 7.89. The zero-order chi connectivity index (χ0) is 14.5. The first-order valence-electron chi connectivity index (χ1n) is 7.62. The largest absolute Gasteiger partial charge is 0.338 e. The van der Waals surface area contributed by atoms with Gasteiger partial charge in [-0.1, -0.05) is 62.6 Å². The number of hydrogen-bond acceptors (Lipinski definition) is 4. The lowest BCUT2D eigenvalue weighted by molar-refractivity contribution is 0.659. The van der Waals surface area contributed by atoms with Gasteiger partial charge in [0.2, 0.25) is 5.16 Å². The maximum Gasteiger partial charge on any atom is 0.211 e. The van der Waals surface area contributed by atoms with Crippen molar-refractivity contribution in [3.05, 3.63) is 24.3 Å². The minimum atomic E-state index is 0.768. The number of fused-ring (bicyclic) bond motifs is 3. The fourth-order valence-electron chi connectivity index (χ4n) is 2.44. The number of aromatic nitrogens is 4. The summed E-state index contributed by atoms with van der Waals surface area (Å²) in [6, 6.07) is 8.11. The van der Waals surface area contributed by atoms with E-state index in [1.807, 2.05) is 24.3 Å². The Morgan fingerprint density at radius 3 is 2.81 bits per heavy atom. The molecule has 0 fully saturated rings. The van der Waals surface area contributed by atoms with Gasteiger partial charge in [-0.3, -0.25) is 0 Å². The number of thioether (sulfide) groups is 1. The Bertz CT molecular complexity index is 722. The zero-order valence-electron chi connectivity index (χ0n) is 12.3. The predicted octanol–water partition coefficient (Wildman–Crippen LogP) is 4.57. The molecule has 3 rings (SSSR count). The topological polar surface area (TPSA) is 54.5 Å². The second-order valence-corrected chi connectivity index (χ2v) is 6.29. The van der Waals surface area contributed by atoms with Crippen LogP contribution in [0, 0.1) is 0 Å². The lowest BCUT2D eigenvalue weighted by Gasteiger charge is -2.00. The number of unbranched alkanes of at least 4 members (excludes halogenated alkanes) is 4. The van der Waals surface area contributed by atoms with Gasteiger partial charge in [-0.25, -0.2) is 4.98 Å². The number of aromatic amines is 1. The van der Waals surface area contributed by atoms with Crippen molar-refractivity contribution in [3.8, 4) is 0 Å². The van der Waals surface area contributed by atoms with Crippen LogP contribution in [0.2, 0.25) is 0 Å². The van der Waals surface area contributed by atoms with Gasteiger partial charge in [0.1, 0.15) is 5.52 Å². The smallest absolute Gasteiger partial charge is 0.211 e. The van der Waals surface area contributed by atoms with Crippen LogP contribution in [0.5, 0.6) is 0 Å². The number of para-hydroxylation sites is 1. The number of hydrogen-bond donors (Lipinski definition) is 1. The van der Waals surface area contributed by atoms with Crippen molar-refractivity contribution in [2.75, 3.05) is 5.75 Å². The van der Waals surface area contributed by atoms with Crippen LogP contribution in [-0.4, -0.2) is 25.9 Å². The molecular weight excluding hydrogens is 280 g/mol. The fourth-order valence-corrected chi connectivity index (χ4v) is 3.22. The molecule has 0 aliphatic carbocycles. The van der Waals surface area contributed by atoms with Gasteiger partial charge in [0.15, 0.2) is 5.65 Å². The van der Waals surface area contributed by atoms with Crippen molar-refractivity contribution in [2.24, 2.45) is 0 Å². The van der Waals surface area contributed by atoms with E-state index in [0.29, 0.717) is 0 Å². The predicted molar refractivity (Wildman–Crippen MR) is 88.7 cm³/mol. The van der Waals surface area contributed by atoms with Crippen molar-refractivity contribution in [3.63, 3.8) is 0 Å². The standard InChI is InChI=1S/C16H20N4S/c1-2-3-4-5-8-11-21-16-18-15-14(19-20-16)12-9-6-7-10-13(12)17-15/h6-7,9-10H,2-5,8,11H2,1H3,(H,17,18,20). The molecule has 1 aromatic carbocycles. The summed E-state index contributed by atoms with van der Waals surface area (Å²) in [5.41, 5.74) is 2.76. The normalized spacial score (nSPS) is 11.5. The molecule has 21 heavy (non-hydrogen) atoms. The van der Waals surface area contributed by atoms with E-state index in [1.54, 1.807) is 11.8 Å². The van der Waals surface area contributed by atoms with E-state index in [0.717, 1.165) is 33.0 Å². The van der Waals surface area contributed by atoms with Crippen molar-refractivity contribution in [2.45, 2.75) is 44.2 Å². The number of nitrogens with one attached hydrogen (secondary N) is 1. The molecule has 0 spiro atoms. The first kappa shape index (κ1) is 14.3. The third-order valence-electron chi connectivity index (χ3n) is 3.58. The molecule has 0 saturated carbocycles. The van der Waals surface area contributed by atoms with Gasteiger partial charge in [0.05, 0.1) is 0 Å². The lowest BCUT2D eigenvalue weighted by atomic mass is 10.2. The molecule has 110 valence electrons. The summed E-state index contributed by atoms with van der Waals surface area (Å²) in [5, 5.41) is 10.4. The molecule has 0 bridgehead atoms. The third-order valence-corrected chi connectivity index (χ3v) is 4.51. The van der Waals surface area contributed by atoms with Gasteiger partial charge in [-0.2, -0.15) is 0 Å². The second-order valence-electron chi connectivity index (χ2n) is 5.22. The zero-order valence-corrected chi connectivity index (χ0v) is 13.1. The summed E-state index contributed by atoms with van der Waals surface area (Å²) in [6.45, 7) is 2.24. The van der Waals surface area contributed by atoms with Crippen molar-refractivity contribution >= 4 is 33.8 Å².